The minimum absolute atomic E-state index is 0.417. The summed E-state index contributed by atoms with van der Waals surface area (Å²) in [7, 11) is 0. The van der Waals surface area contributed by atoms with Gasteiger partial charge in [0.15, 0.2) is 0 Å². The molecule has 0 aliphatic carbocycles. The highest BCUT2D eigenvalue weighted by Crippen LogP contribution is 2.22. The molecule has 2 rings (SSSR count). The fourth-order valence-electron chi connectivity index (χ4n) is 1.74. The van der Waals surface area contributed by atoms with Gasteiger partial charge in [0.05, 0.1) is 6.54 Å². The van der Waals surface area contributed by atoms with Crippen LogP contribution in [0.5, 0.6) is 5.75 Å². The van der Waals surface area contributed by atoms with Crippen LogP contribution in [-0.2, 0) is 13.1 Å². The van der Waals surface area contributed by atoms with E-state index in [1.54, 1.807) is 12.3 Å². The number of hydrogen-bond acceptors (Lipinski definition) is 3. The predicted octanol–water partition coefficient (Wildman–Crippen LogP) is 2.38. The Hall–Kier alpha value is -1.52. The van der Waals surface area contributed by atoms with Crippen molar-refractivity contribution in [2.75, 3.05) is 6.61 Å². The van der Waals surface area contributed by atoms with E-state index in [-0.39, 0.29) is 0 Å². The Morgan fingerprint density at radius 1 is 1.44 bits per heavy atom. The molecule has 0 aliphatic rings. The van der Waals surface area contributed by atoms with Crippen LogP contribution in [0.3, 0.4) is 0 Å². The number of halogens is 1. The number of hydrogen-bond donors (Lipinski definition) is 1. The van der Waals surface area contributed by atoms with E-state index in [1.165, 1.54) is 0 Å². The van der Waals surface area contributed by atoms with Crippen LogP contribution in [0, 0.1) is 6.92 Å². The molecule has 0 spiro atoms. The lowest BCUT2D eigenvalue weighted by Gasteiger charge is -2.11. The number of nitrogens with zero attached hydrogens (tertiary/aromatic N) is 2. The Morgan fingerprint density at radius 3 is 2.94 bits per heavy atom. The minimum atomic E-state index is 0.417. The Labute approximate surface area is 111 Å². The highest BCUT2D eigenvalue weighted by Gasteiger charge is 2.03. The fraction of sp³-hybridized carbons (Fsp3) is 0.308. The zero-order valence-corrected chi connectivity index (χ0v) is 11.0. The number of nitrogens with two attached hydrogens (primary N) is 1. The van der Waals surface area contributed by atoms with Gasteiger partial charge in [0.1, 0.15) is 18.2 Å². The molecule has 96 valence electrons. The highest BCUT2D eigenvalue weighted by atomic mass is 35.5. The van der Waals surface area contributed by atoms with E-state index in [2.05, 4.69) is 4.98 Å². The van der Waals surface area contributed by atoms with Crippen molar-refractivity contribution in [1.82, 2.24) is 9.55 Å². The fourth-order valence-corrected chi connectivity index (χ4v) is 1.94. The Kier molecular flexibility index (Phi) is 4.23. The van der Waals surface area contributed by atoms with Crippen LogP contribution in [-0.4, -0.2) is 16.2 Å². The third-order valence-corrected chi connectivity index (χ3v) is 2.99. The number of ether oxygens (including phenoxy) is 1. The normalized spacial score (nSPS) is 10.6. The molecule has 4 nitrogen and oxygen atoms in total. The van der Waals surface area contributed by atoms with Gasteiger partial charge >= 0.3 is 0 Å². The molecule has 0 radical (unpaired) electrons. The molecule has 2 aromatic rings. The van der Waals surface area contributed by atoms with Gasteiger partial charge in [0, 0.05) is 29.5 Å². The van der Waals surface area contributed by atoms with Crippen molar-refractivity contribution in [3.63, 3.8) is 0 Å². The van der Waals surface area contributed by atoms with Gasteiger partial charge in [-0.2, -0.15) is 0 Å². The molecule has 5 heteroatoms. The van der Waals surface area contributed by atoms with Crippen molar-refractivity contribution in [1.29, 1.82) is 0 Å². The van der Waals surface area contributed by atoms with Crippen molar-refractivity contribution in [3.8, 4) is 5.75 Å². The van der Waals surface area contributed by atoms with Gasteiger partial charge in [-0.25, -0.2) is 4.98 Å². The molecule has 1 heterocycles. The average Bonchev–Trinajstić information content (AvgIpc) is 2.77. The van der Waals surface area contributed by atoms with E-state index in [4.69, 9.17) is 22.1 Å². The first kappa shape index (κ1) is 12.9. The van der Waals surface area contributed by atoms with E-state index >= 15 is 0 Å². The van der Waals surface area contributed by atoms with Gasteiger partial charge in [-0.05, 0) is 25.1 Å². The maximum atomic E-state index is 5.91. The summed E-state index contributed by atoms with van der Waals surface area (Å²) in [4.78, 5) is 4.16. The number of aryl methyl sites for hydroxylation is 1. The van der Waals surface area contributed by atoms with Gasteiger partial charge in [-0.1, -0.05) is 11.6 Å². The molecule has 1 aromatic heterocycles. The predicted molar refractivity (Wildman–Crippen MR) is 71.8 cm³/mol. The lowest BCUT2D eigenvalue weighted by molar-refractivity contribution is 0.294. The summed E-state index contributed by atoms with van der Waals surface area (Å²) in [5, 5.41) is 0.674. The van der Waals surface area contributed by atoms with Crippen LogP contribution in [0.25, 0.3) is 0 Å². The van der Waals surface area contributed by atoms with Crippen molar-refractivity contribution in [2.45, 2.75) is 20.0 Å². The number of imidazole rings is 1. The van der Waals surface area contributed by atoms with Crippen molar-refractivity contribution >= 4 is 11.6 Å². The van der Waals surface area contributed by atoms with Gasteiger partial charge in [-0.3, -0.25) is 0 Å². The summed E-state index contributed by atoms with van der Waals surface area (Å²) in [6.07, 6.45) is 3.72. The van der Waals surface area contributed by atoms with Crippen LogP contribution < -0.4 is 10.5 Å². The zero-order valence-electron chi connectivity index (χ0n) is 10.3. The van der Waals surface area contributed by atoms with Crippen molar-refractivity contribution in [2.24, 2.45) is 5.73 Å². The summed E-state index contributed by atoms with van der Waals surface area (Å²) in [5.41, 5.74) is 6.58. The summed E-state index contributed by atoms with van der Waals surface area (Å²) >= 11 is 5.91. The lowest BCUT2D eigenvalue weighted by atomic mass is 10.2. The molecule has 0 fully saturated rings. The molecular weight excluding hydrogens is 250 g/mol. The molecule has 2 N–H and O–H groups in total. The molecule has 0 unspecified atom stereocenters. The van der Waals surface area contributed by atoms with Crippen LogP contribution in [0.4, 0.5) is 0 Å². The SMILES string of the molecule is Cc1nccn1CCOc1ccc(Cl)cc1CN. The molecule has 0 aliphatic heterocycles. The van der Waals surface area contributed by atoms with Gasteiger partial charge < -0.3 is 15.0 Å². The standard InChI is InChI=1S/C13H16ClN3O/c1-10-16-4-5-17(10)6-7-18-13-3-2-12(14)8-11(13)9-15/h2-5,8H,6-7,9,15H2,1H3. The summed E-state index contributed by atoms with van der Waals surface area (Å²) in [6, 6.07) is 5.49. The molecule has 1 aromatic carbocycles. The minimum Gasteiger partial charge on any atom is -0.491 e. The first-order chi connectivity index (χ1) is 8.70. The maximum Gasteiger partial charge on any atom is 0.123 e. The number of benzene rings is 1. The van der Waals surface area contributed by atoms with E-state index in [1.807, 2.05) is 29.8 Å². The topological polar surface area (TPSA) is 53.1 Å². The molecule has 18 heavy (non-hydrogen) atoms. The van der Waals surface area contributed by atoms with E-state index in [9.17, 15) is 0 Å². The van der Waals surface area contributed by atoms with E-state index in [0.717, 1.165) is 23.7 Å². The Bertz CT molecular complexity index is 525. The largest absolute Gasteiger partial charge is 0.491 e. The second-order valence-corrected chi connectivity index (χ2v) is 4.41. The van der Waals surface area contributed by atoms with Gasteiger partial charge in [-0.15, -0.1) is 0 Å². The monoisotopic (exact) mass is 265 g/mol. The van der Waals surface area contributed by atoms with Gasteiger partial charge in [0.25, 0.3) is 0 Å². The third kappa shape index (κ3) is 3.03. The van der Waals surface area contributed by atoms with Crippen LogP contribution in [0.1, 0.15) is 11.4 Å². The molecule has 0 atom stereocenters. The van der Waals surface area contributed by atoms with Crippen molar-refractivity contribution in [3.05, 3.63) is 47.0 Å². The van der Waals surface area contributed by atoms with Crippen LogP contribution in [0.15, 0.2) is 30.6 Å². The third-order valence-electron chi connectivity index (χ3n) is 2.76. The van der Waals surface area contributed by atoms with Crippen LogP contribution in [0.2, 0.25) is 5.02 Å². The maximum absolute atomic E-state index is 5.91. The zero-order chi connectivity index (χ0) is 13.0. The summed E-state index contributed by atoms with van der Waals surface area (Å²) < 4.78 is 7.76. The molecule has 0 saturated heterocycles. The number of aromatic nitrogens is 2. The first-order valence-electron chi connectivity index (χ1n) is 5.79. The smallest absolute Gasteiger partial charge is 0.123 e. The summed E-state index contributed by atoms with van der Waals surface area (Å²) in [5.74, 6) is 1.77. The Balaban J connectivity index is 1.96. The van der Waals surface area contributed by atoms with E-state index in [0.29, 0.717) is 18.2 Å². The molecule has 0 saturated carbocycles. The highest BCUT2D eigenvalue weighted by molar-refractivity contribution is 6.30. The number of rotatable bonds is 5. The molecule has 0 amide bonds. The lowest BCUT2D eigenvalue weighted by Crippen LogP contribution is -2.10. The second-order valence-electron chi connectivity index (χ2n) is 3.97. The Morgan fingerprint density at radius 2 is 2.28 bits per heavy atom. The van der Waals surface area contributed by atoms with Gasteiger partial charge in [0.2, 0.25) is 0 Å². The van der Waals surface area contributed by atoms with Crippen molar-refractivity contribution < 1.29 is 4.74 Å². The molecule has 0 bridgehead atoms. The second kappa shape index (κ2) is 5.89. The average molecular weight is 266 g/mol. The molecular formula is C13H16ClN3O. The van der Waals surface area contributed by atoms with E-state index < -0.39 is 0 Å². The first-order valence-corrected chi connectivity index (χ1v) is 6.17. The van der Waals surface area contributed by atoms with Crippen LogP contribution >= 0.6 is 11.6 Å². The summed E-state index contributed by atoms with van der Waals surface area (Å²) in [6.45, 7) is 3.72. The quantitative estimate of drug-likeness (QED) is 0.903.